The molecule has 62 heavy (non-hydrogen) atoms. The standard InChI is InChI=1S/C51H52N8O3/c60-46(35-58(31-42-13-3-6-25-52-42)32-43-14-4-7-26-53-43)36-59(33-44-15-5-8-27-54-44)34-45-23-21-41(30-57-45)51(62)56-29-28-55-48(61)16-2-1-10-37-17-18-40-20-19-38-11-9-12-39-22-24-47(37)50(40)49(38)39/h3-9,11-15,17-27,30,46,60H,1-2,10,16,28-29,31-36H2,(H,55,61)(H,56,62). The predicted molar refractivity (Wildman–Crippen MR) is 244 cm³/mol. The summed E-state index contributed by atoms with van der Waals surface area (Å²) >= 11 is 0. The quantitative estimate of drug-likeness (QED) is 0.0498. The number of aliphatic hydroxyl groups excluding tert-OH is 1. The monoisotopic (exact) mass is 824 g/mol. The Morgan fingerprint density at radius 1 is 0.548 bits per heavy atom. The van der Waals surface area contributed by atoms with E-state index in [2.05, 4.69) is 95.0 Å². The molecule has 4 aromatic heterocycles. The number of unbranched alkanes of at least 4 members (excludes halogenated alkanes) is 1. The molecule has 8 rings (SSSR count). The van der Waals surface area contributed by atoms with Gasteiger partial charge in [-0.25, -0.2) is 0 Å². The van der Waals surface area contributed by atoms with Crippen LogP contribution in [0, 0.1) is 0 Å². The number of hydrogen-bond donors (Lipinski definition) is 3. The molecule has 0 aliphatic rings. The van der Waals surface area contributed by atoms with E-state index in [1.54, 1.807) is 30.9 Å². The largest absolute Gasteiger partial charge is 0.390 e. The Morgan fingerprint density at radius 3 is 1.66 bits per heavy atom. The van der Waals surface area contributed by atoms with Crippen molar-refractivity contribution in [2.45, 2.75) is 58.0 Å². The Morgan fingerprint density at radius 2 is 1.10 bits per heavy atom. The number of aromatic nitrogens is 4. The number of rotatable bonds is 21. The fourth-order valence-electron chi connectivity index (χ4n) is 8.25. The molecule has 4 heterocycles. The zero-order valence-corrected chi connectivity index (χ0v) is 34.9. The minimum absolute atomic E-state index is 0.0184. The number of amides is 2. The van der Waals surface area contributed by atoms with Crippen molar-refractivity contribution in [3.63, 3.8) is 0 Å². The number of nitrogens with zero attached hydrogens (tertiary/aromatic N) is 6. The molecule has 0 spiro atoms. The van der Waals surface area contributed by atoms with Crippen molar-refractivity contribution in [2.24, 2.45) is 0 Å². The highest BCUT2D eigenvalue weighted by Crippen LogP contribution is 2.36. The summed E-state index contributed by atoms with van der Waals surface area (Å²) < 4.78 is 0. The molecule has 0 saturated heterocycles. The summed E-state index contributed by atoms with van der Waals surface area (Å²) in [5.74, 6) is -0.275. The van der Waals surface area contributed by atoms with Gasteiger partial charge in [-0.15, -0.1) is 0 Å². The van der Waals surface area contributed by atoms with Gasteiger partial charge in [0, 0.05) is 83.6 Å². The molecule has 0 aliphatic carbocycles. The van der Waals surface area contributed by atoms with E-state index in [0.29, 0.717) is 64.3 Å². The molecule has 314 valence electrons. The molecule has 3 N–H and O–H groups in total. The van der Waals surface area contributed by atoms with Crippen LogP contribution in [0.4, 0.5) is 0 Å². The minimum Gasteiger partial charge on any atom is -0.390 e. The highest BCUT2D eigenvalue weighted by molar-refractivity contribution is 6.23. The van der Waals surface area contributed by atoms with Crippen molar-refractivity contribution in [2.75, 3.05) is 26.2 Å². The number of aryl methyl sites for hydroxylation is 1. The minimum atomic E-state index is -0.693. The van der Waals surface area contributed by atoms with E-state index in [-0.39, 0.29) is 11.8 Å². The van der Waals surface area contributed by atoms with Crippen molar-refractivity contribution in [3.8, 4) is 0 Å². The van der Waals surface area contributed by atoms with Crippen LogP contribution in [0.2, 0.25) is 0 Å². The van der Waals surface area contributed by atoms with Gasteiger partial charge >= 0.3 is 0 Å². The van der Waals surface area contributed by atoms with Crippen molar-refractivity contribution in [1.29, 1.82) is 0 Å². The molecule has 2 amide bonds. The van der Waals surface area contributed by atoms with Gasteiger partial charge < -0.3 is 15.7 Å². The van der Waals surface area contributed by atoms with Crippen molar-refractivity contribution < 1.29 is 14.7 Å². The first kappa shape index (κ1) is 42.0. The molecule has 0 aliphatic heterocycles. The van der Waals surface area contributed by atoms with Gasteiger partial charge in [0.05, 0.1) is 34.4 Å². The fraction of sp³-hybridized carbons (Fsp3) is 0.255. The van der Waals surface area contributed by atoms with Crippen LogP contribution in [0.1, 0.15) is 58.0 Å². The van der Waals surface area contributed by atoms with Gasteiger partial charge in [-0.3, -0.25) is 39.3 Å². The third-order valence-corrected chi connectivity index (χ3v) is 11.2. The molecule has 11 heteroatoms. The molecule has 0 bridgehead atoms. The first-order valence-electron chi connectivity index (χ1n) is 21.4. The summed E-state index contributed by atoms with van der Waals surface area (Å²) in [5, 5.41) is 25.0. The average molecular weight is 825 g/mol. The van der Waals surface area contributed by atoms with E-state index >= 15 is 0 Å². The second kappa shape index (κ2) is 20.7. The lowest BCUT2D eigenvalue weighted by atomic mass is 9.90. The third kappa shape index (κ3) is 11.2. The van der Waals surface area contributed by atoms with Crippen molar-refractivity contribution in [1.82, 2.24) is 40.4 Å². The Bertz CT molecular complexity index is 2610. The van der Waals surface area contributed by atoms with Gasteiger partial charge in [-0.1, -0.05) is 72.8 Å². The van der Waals surface area contributed by atoms with Crippen LogP contribution < -0.4 is 10.6 Å². The van der Waals surface area contributed by atoms with Crippen LogP contribution in [0.5, 0.6) is 0 Å². The lowest BCUT2D eigenvalue weighted by Crippen LogP contribution is -2.40. The topological polar surface area (TPSA) is 136 Å². The number of aliphatic hydroxyl groups is 1. The summed E-state index contributed by atoms with van der Waals surface area (Å²) in [6.45, 7) is 3.51. The second-order valence-electron chi connectivity index (χ2n) is 15.9. The molecule has 11 nitrogen and oxygen atoms in total. The maximum Gasteiger partial charge on any atom is 0.252 e. The number of nitrogens with one attached hydrogen (secondary N) is 2. The Hall–Kier alpha value is -6.66. The third-order valence-electron chi connectivity index (χ3n) is 11.2. The van der Waals surface area contributed by atoms with Crippen molar-refractivity contribution in [3.05, 3.63) is 180 Å². The highest BCUT2D eigenvalue weighted by atomic mass is 16.3. The second-order valence-corrected chi connectivity index (χ2v) is 15.9. The van der Waals surface area contributed by atoms with Crippen LogP contribution in [-0.2, 0) is 37.4 Å². The number of benzene rings is 4. The smallest absolute Gasteiger partial charge is 0.252 e. The zero-order chi connectivity index (χ0) is 42.5. The first-order valence-corrected chi connectivity index (χ1v) is 21.4. The normalized spacial score (nSPS) is 12.1. The number of carbonyl (C=O) groups is 2. The number of hydrogen-bond acceptors (Lipinski definition) is 9. The molecule has 0 fully saturated rings. The van der Waals surface area contributed by atoms with Gasteiger partial charge in [0.15, 0.2) is 0 Å². The SMILES string of the molecule is O=C(CCCCc1ccc2ccc3cccc4ccc1c2c34)NCCNC(=O)c1ccc(CN(Cc2ccccn2)CC(O)CN(Cc2ccccn2)Cc2ccccn2)nc1. The van der Waals surface area contributed by atoms with Gasteiger partial charge in [-0.2, -0.15) is 0 Å². The first-order chi connectivity index (χ1) is 30.4. The van der Waals surface area contributed by atoms with Gasteiger partial charge in [0.2, 0.25) is 5.91 Å². The van der Waals surface area contributed by atoms with E-state index < -0.39 is 6.10 Å². The average Bonchev–Trinajstić information content (AvgIpc) is 3.30. The molecule has 0 radical (unpaired) electrons. The van der Waals surface area contributed by atoms with E-state index in [0.717, 1.165) is 42.0 Å². The Kier molecular flexibility index (Phi) is 14.1. The highest BCUT2D eigenvalue weighted by Gasteiger charge is 2.19. The molecule has 8 aromatic rings. The molecule has 0 saturated carbocycles. The van der Waals surface area contributed by atoms with Crippen molar-refractivity contribution >= 4 is 44.1 Å². The molecule has 4 aromatic carbocycles. The van der Waals surface area contributed by atoms with E-state index in [9.17, 15) is 14.7 Å². The van der Waals surface area contributed by atoms with Gasteiger partial charge in [0.1, 0.15) is 0 Å². The predicted octanol–water partition coefficient (Wildman–Crippen LogP) is 7.49. The summed E-state index contributed by atoms with van der Waals surface area (Å²) in [7, 11) is 0. The number of pyridine rings is 4. The van der Waals surface area contributed by atoms with Crippen LogP contribution in [0.3, 0.4) is 0 Å². The maximum absolute atomic E-state index is 13.0. The summed E-state index contributed by atoms with van der Waals surface area (Å²) in [5.41, 5.74) is 5.21. The van der Waals surface area contributed by atoms with Crippen LogP contribution >= 0.6 is 0 Å². The lowest BCUT2D eigenvalue weighted by Gasteiger charge is -2.29. The zero-order valence-electron chi connectivity index (χ0n) is 34.9. The molecular formula is C51H52N8O3. The van der Waals surface area contributed by atoms with Crippen LogP contribution in [0.25, 0.3) is 32.3 Å². The van der Waals surface area contributed by atoms with Gasteiger partial charge in [0.25, 0.3) is 5.91 Å². The Labute approximate surface area is 362 Å². The van der Waals surface area contributed by atoms with Gasteiger partial charge in [-0.05, 0) is 106 Å². The van der Waals surface area contributed by atoms with E-state index in [1.165, 1.54) is 37.9 Å². The maximum atomic E-state index is 13.0. The molecule has 1 atom stereocenters. The Balaban J connectivity index is 0.789. The fourth-order valence-corrected chi connectivity index (χ4v) is 8.25. The summed E-state index contributed by atoms with van der Waals surface area (Å²) in [6, 6.07) is 40.8. The summed E-state index contributed by atoms with van der Waals surface area (Å²) in [4.78, 5) is 48.1. The lowest BCUT2D eigenvalue weighted by molar-refractivity contribution is -0.121. The molecular weight excluding hydrogens is 773 g/mol. The van der Waals surface area contributed by atoms with E-state index in [1.807, 2.05) is 60.7 Å². The van der Waals surface area contributed by atoms with Crippen LogP contribution in [-0.4, -0.2) is 78.9 Å². The van der Waals surface area contributed by atoms with E-state index in [4.69, 9.17) is 0 Å². The molecule has 1 unspecified atom stereocenters. The summed E-state index contributed by atoms with van der Waals surface area (Å²) in [6.07, 6.45) is 9.24. The van der Waals surface area contributed by atoms with Crippen LogP contribution in [0.15, 0.2) is 146 Å². The number of carbonyl (C=O) groups excluding carboxylic acids is 2.